The van der Waals surface area contributed by atoms with Gasteiger partial charge in [-0.15, -0.1) is 6.42 Å². The Labute approximate surface area is 437 Å². The van der Waals surface area contributed by atoms with Gasteiger partial charge in [0.15, 0.2) is 11.5 Å². The Morgan fingerprint density at radius 3 is 1.21 bits per heavy atom. The molecule has 10 heteroatoms. The number of aromatic hydroxyl groups is 2. The van der Waals surface area contributed by atoms with Crippen molar-refractivity contribution in [2.75, 3.05) is 35.5 Å². The second kappa shape index (κ2) is 35.0. The van der Waals surface area contributed by atoms with Crippen molar-refractivity contribution in [3.05, 3.63) is 219 Å². The smallest absolute Gasteiger partial charge is 0.204 e. The predicted molar refractivity (Wildman–Crippen MR) is 303 cm³/mol. The monoisotopic (exact) mass is 990 g/mol. The summed E-state index contributed by atoms with van der Waals surface area (Å²) in [6.45, 7) is 26.3. The number of nitrogens with one attached hydrogen (secondary N) is 1. The molecular formula is C63H79N3O7. The average Bonchev–Trinajstić information content (AvgIpc) is 3.38. The topological polar surface area (TPSA) is 124 Å². The first-order valence-corrected chi connectivity index (χ1v) is 23.6. The minimum atomic E-state index is 0.329. The van der Waals surface area contributed by atoms with E-state index in [1.807, 2.05) is 122 Å². The number of phenolic OH excluding ortho intramolecular Hbond substituents is 2. The largest absolute Gasteiger partial charge is 0.508 e. The zero-order valence-electron chi connectivity index (χ0n) is 46.1. The normalized spacial score (nSPS) is 9.52. The number of nitrogens with zero attached hydrogens (tertiary/aromatic N) is 2. The van der Waals surface area contributed by atoms with E-state index < -0.39 is 0 Å². The van der Waals surface area contributed by atoms with Crippen LogP contribution in [0.15, 0.2) is 147 Å². The van der Waals surface area contributed by atoms with E-state index in [-0.39, 0.29) is 0 Å². The highest BCUT2D eigenvalue weighted by Gasteiger charge is 2.02. The lowest BCUT2D eigenvalue weighted by molar-refractivity contribution is 0.354. The van der Waals surface area contributed by atoms with Gasteiger partial charge in [-0.1, -0.05) is 84.9 Å². The van der Waals surface area contributed by atoms with Gasteiger partial charge >= 0.3 is 0 Å². The number of aryl methyl sites for hydroxylation is 11. The maximum Gasteiger partial charge on any atom is 0.204 e. The van der Waals surface area contributed by atoms with E-state index in [9.17, 15) is 5.11 Å². The lowest BCUT2D eigenvalue weighted by atomic mass is 10.1. The second-order valence-electron chi connectivity index (χ2n) is 16.9. The molecule has 0 saturated carbocycles. The van der Waals surface area contributed by atoms with Crippen LogP contribution in [-0.4, -0.2) is 55.7 Å². The Morgan fingerprint density at radius 1 is 0.466 bits per heavy atom. The number of allylic oxidation sites excluding steroid dienone is 2. The first-order chi connectivity index (χ1) is 34.7. The van der Waals surface area contributed by atoms with Gasteiger partial charge in [0.25, 0.3) is 0 Å². The number of aromatic nitrogens is 2. The molecule has 73 heavy (non-hydrogen) atoms. The Balaban J connectivity index is 0.000000428. The van der Waals surface area contributed by atoms with E-state index in [1.165, 1.54) is 38.9 Å². The fourth-order valence-corrected chi connectivity index (χ4v) is 6.07. The lowest BCUT2D eigenvalue weighted by Gasteiger charge is -2.06. The molecular weight excluding hydrogens is 911 g/mol. The van der Waals surface area contributed by atoms with Crippen molar-refractivity contribution in [2.24, 2.45) is 0 Å². The van der Waals surface area contributed by atoms with E-state index in [0.717, 1.165) is 56.6 Å². The maximum atomic E-state index is 9.51. The molecule has 0 amide bonds. The highest BCUT2D eigenvalue weighted by atomic mass is 16.5. The summed E-state index contributed by atoms with van der Waals surface area (Å²) in [4.78, 5) is 7.70. The number of benzene rings is 6. The molecule has 388 valence electrons. The Morgan fingerprint density at radius 2 is 0.836 bits per heavy atom. The third kappa shape index (κ3) is 25.5. The number of rotatable bonds is 9. The number of methoxy groups -OCH3 is 5. The maximum absolute atomic E-state index is 9.51. The molecule has 6 aromatic carbocycles. The fourth-order valence-electron chi connectivity index (χ4n) is 6.07. The fraction of sp³-hybridized carbons (Fsp3) is 0.270. The zero-order valence-corrected chi connectivity index (χ0v) is 46.1. The molecule has 3 N–H and O–H groups in total. The third-order valence-corrected chi connectivity index (χ3v) is 10.4. The molecule has 0 unspecified atom stereocenters. The van der Waals surface area contributed by atoms with Gasteiger partial charge in [-0.25, -0.2) is 9.97 Å². The molecule has 0 radical (unpaired) electrons. The molecule has 10 nitrogen and oxygen atoms in total. The van der Waals surface area contributed by atoms with Crippen molar-refractivity contribution in [3.63, 3.8) is 0 Å². The van der Waals surface area contributed by atoms with E-state index in [0.29, 0.717) is 23.9 Å². The molecule has 1 heterocycles. The number of hydrogen-bond acceptors (Lipinski definition) is 10. The van der Waals surface area contributed by atoms with Crippen LogP contribution in [0.3, 0.4) is 0 Å². The van der Waals surface area contributed by atoms with E-state index in [2.05, 4.69) is 85.0 Å². The molecule has 0 spiro atoms. The highest BCUT2D eigenvalue weighted by Crippen LogP contribution is 2.27. The van der Waals surface area contributed by atoms with E-state index >= 15 is 0 Å². The minimum absolute atomic E-state index is 0.329. The number of hydrogen-bond donors (Lipinski definition) is 3. The van der Waals surface area contributed by atoms with E-state index in [4.69, 9.17) is 35.2 Å². The molecule has 7 aromatic rings. The second-order valence-corrected chi connectivity index (χ2v) is 16.9. The number of terminal acetylenes is 1. The van der Waals surface area contributed by atoms with Crippen molar-refractivity contribution in [3.8, 4) is 52.6 Å². The van der Waals surface area contributed by atoms with Crippen molar-refractivity contribution in [1.82, 2.24) is 15.3 Å². The van der Waals surface area contributed by atoms with Gasteiger partial charge in [-0.3, -0.25) is 0 Å². The summed E-state index contributed by atoms with van der Waals surface area (Å²) < 4.78 is 25.5. The summed E-state index contributed by atoms with van der Waals surface area (Å²) in [6, 6.07) is 35.6. The lowest BCUT2D eigenvalue weighted by Crippen LogP contribution is -2.04. The predicted octanol–water partition coefficient (Wildman–Crippen LogP) is 14.2. The molecule has 0 atom stereocenters. The molecule has 0 aliphatic rings. The van der Waals surface area contributed by atoms with Crippen LogP contribution in [0.1, 0.15) is 72.6 Å². The van der Waals surface area contributed by atoms with Crippen molar-refractivity contribution < 1.29 is 33.9 Å². The third-order valence-electron chi connectivity index (χ3n) is 10.4. The van der Waals surface area contributed by atoms with Crippen LogP contribution in [0.25, 0.3) is 0 Å². The van der Waals surface area contributed by atoms with Crippen LogP contribution in [0, 0.1) is 88.5 Å². The summed E-state index contributed by atoms with van der Waals surface area (Å²) >= 11 is 0. The molecule has 0 saturated heterocycles. The molecule has 0 bridgehead atoms. The standard InChI is InChI=1S/C12H15NO.C9H12O2.3C9H12O.C8H10O.C7H6N2/c1-3-4-7-13-9-11-8-10(2)5-6-12(11)14;1-7-4-5-8(10-2)9(6-7)11-3;3*1-7-4-5-8(2)9(6-7)10-3;1-6-3-4-7(2)8(9)5-6;1-3-7-8-4-6(2)5-9-7/h3-8,13-14H,1,9H2,2H3;4-6H,1-3H3;3*4-6H,1-3H3;3-5,9H,1-2H3;1,4-5H,2H3. The SMILES string of the molecule is C#Cc1ncc(C)cn1.C=CC=CNCc1cc(C)ccc1O.COc1cc(C)ccc1C.COc1cc(C)ccc1C.COc1cc(C)ccc1C.COc1ccc(C)cc1OC.Cc1ccc(C)c(O)c1. The van der Waals surface area contributed by atoms with Crippen molar-refractivity contribution in [1.29, 1.82) is 0 Å². The zero-order chi connectivity index (χ0) is 54.9. The van der Waals surface area contributed by atoms with Gasteiger partial charge < -0.3 is 39.2 Å². The highest BCUT2D eigenvalue weighted by molar-refractivity contribution is 5.43. The van der Waals surface area contributed by atoms with Gasteiger partial charge in [0.1, 0.15) is 28.7 Å². The van der Waals surface area contributed by atoms with Crippen LogP contribution >= 0.6 is 0 Å². The molecule has 0 aliphatic carbocycles. The summed E-state index contributed by atoms with van der Waals surface area (Å²) in [5.41, 5.74) is 13.5. The molecule has 1 aromatic heterocycles. The van der Waals surface area contributed by atoms with Crippen molar-refractivity contribution >= 4 is 0 Å². The van der Waals surface area contributed by atoms with Crippen LogP contribution in [0.5, 0.6) is 40.2 Å². The molecule has 0 aliphatic heterocycles. The first-order valence-electron chi connectivity index (χ1n) is 23.6. The van der Waals surface area contributed by atoms with Gasteiger partial charge in [0.2, 0.25) is 5.82 Å². The van der Waals surface area contributed by atoms with Crippen LogP contribution < -0.4 is 29.0 Å². The first kappa shape index (κ1) is 62.9. The minimum Gasteiger partial charge on any atom is -0.508 e. The van der Waals surface area contributed by atoms with Crippen molar-refractivity contribution in [2.45, 2.75) is 82.7 Å². The summed E-state index contributed by atoms with van der Waals surface area (Å²) in [5.74, 6) is 7.97. The van der Waals surface area contributed by atoms with Crippen LogP contribution in [-0.2, 0) is 6.54 Å². The Hall–Kier alpha value is -8.16. The number of phenols is 2. The van der Waals surface area contributed by atoms with Crippen LogP contribution in [0.4, 0.5) is 0 Å². The Bertz CT molecular complexity index is 2670. The number of ether oxygens (including phenoxy) is 5. The average molecular weight is 990 g/mol. The van der Waals surface area contributed by atoms with Gasteiger partial charge in [0.05, 0.1) is 35.5 Å². The van der Waals surface area contributed by atoms with E-state index in [1.54, 1.807) is 72.4 Å². The quantitative estimate of drug-likeness (QED) is 0.0951. The Kier molecular flexibility index (Phi) is 30.2. The summed E-state index contributed by atoms with van der Waals surface area (Å²) in [7, 11) is 8.36. The van der Waals surface area contributed by atoms with Crippen LogP contribution in [0.2, 0.25) is 0 Å². The molecule has 0 fully saturated rings. The van der Waals surface area contributed by atoms with Gasteiger partial charge in [0, 0.05) is 24.5 Å². The summed E-state index contributed by atoms with van der Waals surface area (Å²) in [5, 5.41) is 21.7. The summed E-state index contributed by atoms with van der Waals surface area (Å²) in [6.07, 6.45) is 13.7. The van der Waals surface area contributed by atoms with Gasteiger partial charge in [-0.05, 0) is 192 Å². The molecule has 7 rings (SSSR count). The van der Waals surface area contributed by atoms with Gasteiger partial charge in [-0.2, -0.15) is 0 Å².